The van der Waals surface area contributed by atoms with Gasteiger partial charge < -0.3 is 14.7 Å². The molecule has 3 aromatic carbocycles. The van der Waals surface area contributed by atoms with Crippen molar-refractivity contribution in [2.45, 2.75) is 49.1 Å². The number of sulfonamides is 2. The molecule has 10 nitrogen and oxygen atoms in total. The van der Waals surface area contributed by atoms with Crippen LogP contribution in [0.25, 0.3) is 0 Å². The maximum atomic E-state index is 13.5. The molecule has 0 saturated carbocycles. The Hall–Kier alpha value is -3.52. The molecule has 0 aliphatic carbocycles. The number of amides is 1. The van der Waals surface area contributed by atoms with E-state index in [1.165, 1.54) is 34.5 Å². The average molecular weight is 634 g/mol. The number of carbonyl (C=O) groups is 1. The summed E-state index contributed by atoms with van der Waals surface area (Å²) in [5.41, 5.74) is 1.46. The molecular formula is C30H36FN3O7S2. The van der Waals surface area contributed by atoms with Crippen molar-refractivity contribution >= 4 is 31.6 Å². The highest BCUT2D eigenvalue weighted by Crippen LogP contribution is 2.30. The Bertz CT molecular complexity index is 1660. The molecule has 0 spiro atoms. The summed E-state index contributed by atoms with van der Waals surface area (Å²) < 4.78 is 75.9. The molecule has 0 fully saturated rings. The Kier molecular flexibility index (Phi) is 9.79. The normalized spacial score (nSPS) is 18.7. The predicted molar refractivity (Wildman–Crippen MR) is 160 cm³/mol. The van der Waals surface area contributed by atoms with Crippen LogP contribution < -0.4 is 9.46 Å². The van der Waals surface area contributed by atoms with Crippen molar-refractivity contribution in [1.29, 1.82) is 0 Å². The largest absolute Gasteiger partial charge is 0.488 e. The molecule has 0 bridgehead atoms. The van der Waals surface area contributed by atoms with Gasteiger partial charge in [0.05, 0.1) is 35.4 Å². The first-order chi connectivity index (χ1) is 20.2. The maximum Gasteiger partial charge on any atom is 0.261 e. The van der Waals surface area contributed by atoms with Gasteiger partial charge in [-0.3, -0.25) is 9.52 Å². The first kappa shape index (κ1) is 32.4. The third kappa shape index (κ3) is 7.53. The highest BCUT2D eigenvalue weighted by molar-refractivity contribution is 7.92. The monoisotopic (exact) mass is 633 g/mol. The summed E-state index contributed by atoms with van der Waals surface area (Å²) in [6, 6.07) is 14.9. The van der Waals surface area contributed by atoms with Crippen LogP contribution in [0.2, 0.25) is 0 Å². The number of benzene rings is 3. The quantitative estimate of drug-likeness (QED) is 0.369. The van der Waals surface area contributed by atoms with Crippen LogP contribution in [0.4, 0.5) is 10.1 Å². The van der Waals surface area contributed by atoms with Crippen LogP contribution in [-0.2, 0) is 31.3 Å². The molecule has 1 heterocycles. The van der Waals surface area contributed by atoms with E-state index in [4.69, 9.17) is 4.74 Å². The van der Waals surface area contributed by atoms with E-state index in [-0.39, 0.29) is 53.4 Å². The van der Waals surface area contributed by atoms with Crippen molar-refractivity contribution in [3.05, 3.63) is 83.7 Å². The van der Waals surface area contributed by atoms with E-state index in [2.05, 4.69) is 4.72 Å². The second-order valence-corrected chi connectivity index (χ2v) is 14.6. The van der Waals surface area contributed by atoms with Crippen LogP contribution >= 0.6 is 0 Å². The fourth-order valence-electron chi connectivity index (χ4n) is 4.78. The lowest BCUT2D eigenvalue weighted by molar-refractivity contribution is -0.134. The van der Waals surface area contributed by atoms with E-state index in [1.54, 1.807) is 31.2 Å². The number of likely N-dealkylation sites (N-methyl/N-ethyl adjacent to an activating group) is 1. The van der Waals surface area contributed by atoms with E-state index in [1.807, 2.05) is 13.8 Å². The number of hydrogen-bond acceptors (Lipinski definition) is 7. The summed E-state index contributed by atoms with van der Waals surface area (Å²) in [7, 11) is -6.45. The third-order valence-corrected chi connectivity index (χ3v) is 10.7. The van der Waals surface area contributed by atoms with Gasteiger partial charge in [0.2, 0.25) is 15.9 Å². The Labute approximate surface area is 252 Å². The number of ether oxygens (including phenoxy) is 1. The van der Waals surface area contributed by atoms with Gasteiger partial charge in [0.1, 0.15) is 17.7 Å². The number of nitrogens with zero attached hydrogens (tertiary/aromatic N) is 2. The fraction of sp³-hybridized carbons (Fsp3) is 0.367. The van der Waals surface area contributed by atoms with Crippen LogP contribution in [0.15, 0.2) is 76.5 Å². The maximum absolute atomic E-state index is 13.5. The molecule has 0 radical (unpaired) electrons. The molecule has 4 rings (SSSR count). The van der Waals surface area contributed by atoms with Gasteiger partial charge in [-0.25, -0.2) is 21.2 Å². The fourth-order valence-corrected chi connectivity index (χ4v) is 7.01. The summed E-state index contributed by atoms with van der Waals surface area (Å²) in [6.45, 7) is 5.30. The van der Waals surface area contributed by atoms with Crippen molar-refractivity contribution < 1.29 is 35.9 Å². The molecule has 1 amide bonds. The third-order valence-electron chi connectivity index (χ3n) is 7.46. The molecule has 0 aromatic heterocycles. The van der Waals surface area contributed by atoms with Gasteiger partial charge in [-0.1, -0.05) is 24.6 Å². The van der Waals surface area contributed by atoms with Gasteiger partial charge in [0.25, 0.3) is 10.0 Å². The zero-order valence-electron chi connectivity index (χ0n) is 24.4. The number of aliphatic hydroxyl groups is 1. The molecule has 0 saturated heterocycles. The minimum Gasteiger partial charge on any atom is -0.488 e. The van der Waals surface area contributed by atoms with Gasteiger partial charge in [-0.15, -0.1) is 0 Å². The van der Waals surface area contributed by atoms with E-state index in [9.17, 15) is 31.1 Å². The van der Waals surface area contributed by atoms with Crippen LogP contribution in [-0.4, -0.2) is 75.9 Å². The van der Waals surface area contributed by atoms with Crippen LogP contribution in [0.1, 0.15) is 25.0 Å². The minimum absolute atomic E-state index is 0.0364. The number of fused-ring (bicyclic) bond motifs is 1. The van der Waals surface area contributed by atoms with Crippen molar-refractivity contribution in [3.63, 3.8) is 0 Å². The first-order valence-electron chi connectivity index (χ1n) is 13.7. The lowest BCUT2D eigenvalue weighted by atomic mass is 10.0. The smallest absolute Gasteiger partial charge is 0.261 e. The molecule has 3 atom stereocenters. The number of aliphatic hydroxyl groups excluding tert-OH is 1. The number of nitrogens with one attached hydrogen (secondary N) is 1. The molecule has 1 aliphatic heterocycles. The number of hydrogen-bond donors (Lipinski definition) is 2. The van der Waals surface area contributed by atoms with E-state index < -0.39 is 38.0 Å². The molecule has 43 heavy (non-hydrogen) atoms. The van der Waals surface area contributed by atoms with Gasteiger partial charge in [-0.2, -0.15) is 4.31 Å². The van der Waals surface area contributed by atoms with Crippen molar-refractivity contribution in [3.8, 4) is 5.75 Å². The van der Waals surface area contributed by atoms with Crippen LogP contribution in [0.5, 0.6) is 5.75 Å². The second kappa shape index (κ2) is 13.0. The van der Waals surface area contributed by atoms with Gasteiger partial charge in [0.15, 0.2) is 0 Å². The number of halogens is 1. The van der Waals surface area contributed by atoms with Crippen molar-refractivity contribution in [2.24, 2.45) is 5.92 Å². The number of rotatable bonds is 9. The second-order valence-electron chi connectivity index (χ2n) is 10.9. The van der Waals surface area contributed by atoms with Crippen molar-refractivity contribution in [1.82, 2.24) is 9.21 Å². The molecule has 2 N–H and O–H groups in total. The SMILES string of the molecule is Cc1ccc(S(=O)(=O)N(C)C[C@@H]2Oc3ccc(NS(=O)(=O)c4ccc(F)cc4)cc3CC(=O)N([C@H](C)CO)C[C@H]2C)cc1. The summed E-state index contributed by atoms with van der Waals surface area (Å²) in [5, 5.41) is 9.87. The molecular weight excluding hydrogens is 597 g/mol. The molecule has 232 valence electrons. The Balaban J connectivity index is 1.68. The topological polar surface area (TPSA) is 133 Å². The van der Waals surface area contributed by atoms with Crippen LogP contribution in [0.3, 0.4) is 0 Å². The average Bonchev–Trinajstić information content (AvgIpc) is 3.00. The molecule has 0 unspecified atom stereocenters. The highest BCUT2D eigenvalue weighted by Gasteiger charge is 2.33. The zero-order chi connectivity index (χ0) is 31.5. The van der Waals surface area contributed by atoms with E-state index in [0.29, 0.717) is 11.3 Å². The van der Waals surface area contributed by atoms with E-state index >= 15 is 0 Å². The van der Waals surface area contributed by atoms with Crippen molar-refractivity contribution in [2.75, 3.05) is 31.5 Å². The highest BCUT2D eigenvalue weighted by atomic mass is 32.2. The molecule has 1 aliphatic rings. The summed E-state index contributed by atoms with van der Waals surface area (Å²) in [4.78, 5) is 15.0. The number of anilines is 1. The van der Waals surface area contributed by atoms with Gasteiger partial charge in [-0.05, 0) is 68.4 Å². The Morgan fingerprint density at radius 3 is 2.30 bits per heavy atom. The number of carbonyl (C=O) groups excluding carboxylic acids is 1. The van der Waals surface area contributed by atoms with Gasteiger partial charge in [0, 0.05) is 30.8 Å². The molecule has 13 heteroatoms. The summed E-state index contributed by atoms with van der Waals surface area (Å²) >= 11 is 0. The van der Waals surface area contributed by atoms with Crippen LogP contribution in [0, 0.1) is 18.7 Å². The number of aryl methyl sites for hydroxylation is 1. The summed E-state index contributed by atoms with van der Waals surface area (Å²) in [5.74, 6) is -0.932. The zero-order valence-corrected chi connectivity index (χ0v) is 26.0. The Morgan fingerprint density at radius 2 is 1.67 bits per heavy atom. The van der Waals surface area contributed by atoms with Gasteiger partial charge >= 0.3 is 0 Å². The lowest BCUT2D eigenvalue weighted by Gasteiger charge is -2.33. The standard InChI is InChI=1S/C30H36FN3O7S2/c1-20-5-10-27(11-6-20)43(39,40)33(4)18-29-21(2)17-34(22(3)19-35)30(36)16-23-15-25(9-14-28(23)41-29)32-42(37,38)26-12-7-24(31)8-13-26/h5-15,21-22,29,32,35H,16-19H2,1-4H3/t21-,22-,29+/m1/s1. The summed E-state index contributed by atoms with van der Waals surface area (Å²) in [6.07, 6.45) is -0.854. The predicted octanol–water partition coefficient (Wildman–Crippen LogP) is 3.40. The molecule has 3 aromatic rings. The minimum atomic E-state index is -4.06. The Morgan fingerprint density at radius 1 is 1.05 bits per heavy atom. The van der Waals surface area contributed by atoms with E-state index in [0.717, 1.165) is 29.8 Å². The first-order valence-corrected chi connectivity index (χ1v) is 16.6. The lowest BCUT2D eigenvalue weighted by Crippen LogP contribution is -2.48.